The quantitative estimate of drug-likeness (QED) is 0.232. The topological polar surface area (TPSA) is 75.7 Å². The van der Waals surface area contributed by atoms with Gasteiger partial charge in [-0.1, -0.05) is 66.7 Å². The van der Waals surface area contributed by atoms with Gasteiger partial charge in [0.25, 0.3) is 17.1 Å². The van der Waals surface area contributed by atoms with Crippen LogP contribution in [0.25, 0.3) is 16.8 Å². The van der Waals surface area contributed by atoms with Crippen molar-refractivity contribution in [3.05, 3.63) is 111 Å². The summed E-state index contributed by atoms with van der Waals surface area (Å²) in [5.41, 5.74) is 3.35. The van der Waals surface area contributed by atoms with Crippen LogP contribution in [0.2, 0.25) is 0 Å². The fraction of sp³-hybridized carbons (Fsp3) is 0.100. The number of carbonyl (C=O) groups excluding carboxylic acids is 3. The molecule has 1 N–H and O–H groups in total. The van der Waals surface area contributed by atoms with Gasteiger partial charge in [0.2, 0.25) is 0 Å². The average molecular weight is 587 g/mol. The van der Waals surface area contributed by atoms with E-state index in [0.29, 0.717) is 15.1 Å². The number of benzene rings is 4. The van der Waals surface area contributed by atoms with Crippen LogP contribution in [0.15, 0.2) is 94.3 Å². The minimum atomic E-state index is -0.322. The van der Waals surface area contributed by atoms with E-state index >= 15 is 0 Å². The van der Waals surface area contributed by atoms with Crippen molar-refractivity contribution in [2.24, 2.45) is 0 Å². The molecule has 0 aliphatic carbocycles. The van der Waals surface area contributed by atoms with Crippen molar-refractivity contribution in [1.29, 1.82) is 0 Å². The molecule has 0 spiro atoms. The van der Waals surface area contributed by atoms with E-state index in [-0.39, 0.29) is 30.2 Å². The summed E-state index contributed by atoms with van der Waals surface area (Å²) < 4.78 is 6.31. The molecule has 0 radical (unpaired) electrons. The van der Waals surface area contributed by atoms with Crippen molar-refractivity contribution in [2.75, 3.05) is 11.9 Å². The highest BCUT2D eigenvalue weighted by atomic mass is 79.9. The summed E-state index contributed by atoms with van der Waals surface area (Å²) in [4.78, 5) is 39.7. The van der Waals surface area contributed by atoms with Crippen LogP contribution in [0.1, 0.15) is 16.7 Å². The number of carbonyl (C=O) groups is 3. The van der Waals surface area contributed by atoms with Crippen LogP contribution >= 0.6 is 27.7 Å². The lowest BCUT2D eigenvalue weighted by Crippen LogP contribution is -2.27. The number of amides is 3. The zero-order valence-corrected chi connectivity index (χ0v) is 22.8. The van der Waals surface area contributed by atoms with Gasteiger partial charge >= 0.3 is 0 Å². The van der Waals surface area contributed by atoms with Crippen LogP contribution in [0.3, 0.4) is 0 Å². The third-order valence-electron chi connectivity index (χ3n) is 6.11. The Morgan fingerprint density at radius 2 is 1.76 bits per heavy atom. The van der Waals surface area contributed by atoms with Gasteiger partial charge in [0.1, 0.15) is 5.75 Å². The molecule has 1 fully saturated rings. The summed E-state index contributed by atoms with van der Waals surface area (Å²) in [5, 5.41) is 4.62. The molecule has 5 rings (SSSR count). The van der Waals surface area contributed by atoms with E-state index in [0.717, 1.165) is 44.9 Å². The minimum absolute atomic E-state index is 0.153. The molecule has 0 bridgehead atoms. The highest BCUT2D eigenvalue weighted by Crippen LogP contribution is 2.35. The molecule has 0 saturated carbocycles. The summed E-state index contributed by atoms with van der Waals surface area (Å²) in [7, 11) is 0. The SMILES string of the molecule is Cc1ccccc1NC(=O)COc1ccc(/C=C2\SC(=O)N(Cc3cccc4ccccc34)C2=O)cc1Br. The zero-order valence-electron chi connectivity index (χ0n) is 20.4. The van der Waals surface area contributed by atoms with E-state index in [1.165, 1.54) is 4.90 Å². The molecule has 4 aromatic rings. The minimum Gasteiger partial charge on any atom is -0.483 e. The van der Waals surface area contributed by atoms with Gasteiger partial charge in [0, 0.05) is 5.69 Å². The van der Waals surface area contributed by atoms with E-state index in [1.807, 2.05) is 73.7 Å². The van der Waals surface area contributed by atoms with Gasteiger partial charge in [-0.15, -0.1) is 0 Å². The first kappa shape index (κ1) is 25.8. The maximum Gasteiger partial charge on any atom is 0.293 e. The Morgan fingerprint density at radius 1 is 1.00 bits per heavy atom. The van der Waals surface area contributed by atoms with E-state index < -0.39 is 0 Å². The van der Waals surface area contributed by atoms with Gasteiger partial charge in [-0.25, -0.2) is 0 Å². The van der Waals surface area contributed by atoms with Crippen LogP contribution in [0.5, 0.6) is 5.75 Å². The second-order valence-corrected chi connectivity index (χ2v) is 10.6. The van der Waals surface area contributed by atoms with Gasteiger partial charge in [-0.2, -0.15) is 0 Å². The van der Waals surface area contributed by atoms with Crippen molar-refractivity contribution in [2.45, 2.75) is 13.5 Å². The van der Waals surface area contributed by atoms with Crippen molar-refractivity contribution < 1.29 is 19.1 Å². The van der Waals surface area contributed by atoms with E-state index in [1.54, 1.807) is 24.3 Å². The standard InChI is InChI=1S/C30H23BrN2O4S/c1-19-7-2-5-12-25(19)32-28(34)18-37-26-14-13-20(15-24(26)31)16-27-29(35)33(30(36)38-27)17-22-10-6-9-21-8-3-4-11-23(21)22/h2-16H,17-18H2,1H3,(H,32,34)/b27-16-. The highest BCUT2D eigenvalue weighted by Gasteiger charge is 2.35. The van der Waals surface area contributed by atoms with Gasteiger partial charge in [-0.05, 0) is 86.4 Å². The molecule has 6 nitrogen and oxygen atoms in total. The maximum absolute atomic E-state index is 13.1. The van der Waals surface area contributed by atoms with Crippen LogP contribution in [0.4, 0.5) is 10.5 Å². The summed E-state index contributed by atoms with van der Waals surface area (Å²) in [6.45, 7) is 1.98. The Hall–Kier alpha value is -3.88. The van der Waals surface area contributed by atoms with E-state index in [2.05, 4.69) is 21.2 Å². The van der Waals surface area contributed by atoms with Crippen molar-refractivity contribution >= 4 is 67.3 Å². The summed E-state index contributed by atoms with van der Waals surface area (Å²) in [6, 6.07) is 26.6. The fourth-order valence-corrected chi connectivity index (χ4v) is 5.50. The molecule has 4 aromatic carbocycles. The smallest absolute Gasteiger partial charge is 0.293 e. The molecule has 0 unspecified atom stereocenters. The number of hydrogen-bond acceptors (Lipinski definition) is 5. The van der Waals surface area contributed by atoms with Crippen LogP contribution in [0, 0.1) is 6.92 Å². The Labute approximate surface area is 232 Å². The van der Waals surface area contributed by atoms with Gasteiger partial charge in [0.15, 0.2) is 6.61 Å². The predicted octanol–water partition coefficient (Wildman–Crippen LogP) is 7.16. The average Bonchev–Trinajstić information content (AvgIpc) is 3.17. The molecule has 1 saturated heterocycles. The lowest BCUT2D eigenvalue weighted by molar-refractivity contribution is -0.123. The summed E-state index contributed by atoms with van der Waals surface area (Å²) in [5.74, 6) is -0.0986. The first-order valence-corrected chi connectivity index (χ1v) is 13.5. The largest absolute Gasteiger partial charge is 0.483 e. The molecule has 0 aromatic heterocycles. The molecule has 3 amide bonds. The number of anilines is 1. The number of hydrogen-bond donors (Lipinski definition) is 1. The number of rotatable bonds is 7. The van der Waals surface area contributed by atoms with Crippen LogP contribution in [-0.2, 0) is 16.1 Å². The molecule has 8 heteroatoms. The van der Waals surface area contributed by atoms with Crippen LogP contribution in [-0.4, -0.2) is 28.6 Å². The van der Waals surface area contributed by atoms with Crippen molar-refractivity contribution in [3.8, 4) is 5.75 Å². The molecule has 1 aliphatic rings. The lowest BCUT2D eigenvalue weighted by atomic mass is 10.0. The fourth-order valence-electron chi connectivity index (χ4n) is 4.16. The molecule has 1 aliphatic heterocycles. The van der Waals surface area contributed by atoms with Gasteiger partial charge in [-0.3, -0.25) is 19.3 Å². The number of thioether (sulfide) groups is 1. The molecule has 0 atom stereocenters. The van der Waals surface area contributed by atoms with Gasteiger partial charge < -0.3 is 10.1 Å². The molecule has 38 heavy (non-hydrogen) atoms. The maximum atomic E-state index is 13.1. The Kier molecular flexibility index (Phi) is 7.62. The van der Waals surface area contributed by atoms with Crippen LogP contribution < -0.4 is 10.1 Å². The molecular formula is C30H23BrN2O4S. The number of nitrogens with zero attached hydrogens (tertiary/aromatic N) is 1. The first-order valence-electron chi connectivity index (χ1n) is 11.9. The number of nitrogens with one attached hydrogen (secondary N) is 1. The third-order valence-corrected chi connectivity index (χ3v) is 7.64. The van der Waals surface area contributed by atoms with Gasteiger partial charge in [0.05, 0.1) is 15.9 Å². The third kappa shape index (κ3) is 5.66. The molecule has 1 heterocycles. The number of imide groups is 1. The number of fused-ring (bicyclic) bond motifs is 1. The Balaban J connectivity index is 1.25. The number of ether oxygens (including phenoxy) is 1. The van der Waals surface area contributed by atoms with E-state index in [4.69, 9.17) is 4.74 Å². The zero-order chi connectivity index (χ0) is 26.6. The Bertz CT molecular complexity index is 1600. The van der Waals surface area contributed by atoms with Crippen molar-refractivity contribution in [1.82, 2.24) is 4.90 Å². The number of para-hydroxylation sites is 1. The normalized spacial score (nSPS) is 14.4. The molecule has 190 valence electrons. The predicted molar refractivity (Wildman–Crippen MR) is 155 cm³/mol. The highest BCUT2D eigenvalue weighted by molar-refractivity contribution is 9.10. The second-order valence-electron chi connectivity index (χ2n) is 8.75. The second kappa shape index (κ2) is 11.2. The van der Waals surface area contributed by atoms with E-state index in [9.17, 15) is 14.4 Å². The summed E-state index contributed by atoms with van der Waals surface area (Å²) >= 11 is 4.40. The summed E-state index contributed by atoms with van der Waals surface area (Å²) in [6.07, 6.45) is 1.69. The number of halogens is 1. The lowest BCUT2D eigenvalue weighted by Gasteiger charge is -2.14. The number of aryl methyl sites for hydroxylation is 1. The first-order chi connectivity index (χ1) is 18.4. The van der Waals surface area contributed by atoms with Crippen molar-refractivity contribution in [3.63, 3.8) is 0 Å². The Morgan fingerprint density at radius 3 is 2.58 bits per heavy atom. The molecular weight excluding hydrogens is 564 g/mol. The monoisotopic (exact) mass is 586 g/mol.